The van der Waals surface area contributed by atoms with Crippen LogP contribution in [0.2, 0.25) is 0 Å². The molecule has 0 N–H and O–H groups in total. The molecule has 0 spiro atoms. The first kappa shape index (κ1) is 27.8. The van der Waals surface area contributed by atoms with E-state index in [4.69, 9.17) is 9.47 Å². The van der Waals surface area contributed by atoms with Crippen LogP contribution in [0.25, 0.3) is 32.3 Å². The molecule has 7 aromatic carbocycles. The van der Waals surface area contributed by atoms with Crippen molar-refractivity contribution < 1.29 is 9.47 Å². The van der Waals surface area contributed by atoms with Gasteiger partial charge in [-0.05, 0) is 0 Å². The zero-order chi connectivity index (χ0) is 31.8. The number of hydrogen-bond donors (Lipinski definition) is 0. The summed E-state index contributed by atoms with van der Waals surface area (Å²) in [5, 5.41) is 7.24. The van der Waals surface area contributed by atoms with Crippen molar-refractivity contribution in [1.29, 1.82) is 0 Å². The largest absolute Gasteiger partial charge is 0.141 e. The molecule has 4 aliphatic heterocycles. The van der Waals surface area contributed by atoms with Gasteiger partial charge in [0.1, 0.15) is 0 Å². The average molecular weight is 687 g/mol. The maximum Gasteiger partial charge on any atom is -0.0500 e. The summed E-state index contributed by atoms with van der Waals surface area (Å²) in [6.45, 7) is 8.84. The number of hydrogen-bond acceptors (Lipinski definition) is 3. The van der Waals surface area contributed by atoms with E-state index in [1.54, 1.807) is 0 Å². The van der Waals surface area contributed by atoms with Gasteiger partial charge in [0.15, 0.2) is 0 Å². The van der Waals surface area contributed by atoms with Gasteiger partial charge >= 0.3 is 267 Å². The van der Waals surface area contributed by atoms with Crippen LogP contribution in [0.4, 0.5) is 17.1 Å². The summed E-state index contributed by atoms with van der Waals surface area (Å²) in [6, 6.07) is 38.2. The Bertz CT molecular complexity index is 2530. The van der Waals surface area contributed by atoms with Crippen molar-refractivity contribution in [2.45, 2.75) is 32.6 Å². The van der Waals surface area contributed by atoms with Crippen molar-refractivity contribution >= 4 is 86.2 Å². The van der Waals surface area contributed by atoms with Gasteiger partial charge in [0.2, 0.25) is 0 Å². The van der Waals surface area contributed by atoms with Crippen LogP contribution in [-0.2, 0) is 11.8 Å². The van der Waals surface area contributed by atoms with E-state index in [0.29, 0.717) is 0 Å². The van der Waals surface area contributed by atoms with Gasteiger partial charge in [0.05, 0.1) is 0 Å². The Kier molecular flexibility index (Phi) is 5.69. The fourth-order valence-corrected chi connectivity index (χ4v) is 15.2. The molecule has 0 aliphatic carbocycles. The maximum absolute atomic E-state index is 7.22. The van der Waals surface area contributed by atoms with E-state index in [9.17, 15) is 0 Å². The third kappa shape index (κ3) is 3.57. The molecule has 7 aromatic rings. The second-order valence-corrected chi connectivity index (χ2v) is 18.6. The molecule has 5 heteroatoms. The first-order valence-electron chi connectivity index (χ1n) is 16.4. The Hall–Kier alpha value is -4.31. The summed E-state index contributed by atoms with van der Waals surface area (Å²) in [7, 11) is 2.42. The predicted octanol–water partition coefficient (Wildman–Crippen LogP) is 9.35. The number of ether oxygens (including phenoxy) is 2. The van der Waals surface area contributed by atoms with Crippen LogP contribution in [0, 0.1) is 0 Å². The first-order chi connectivity index (χ1) is 23.0. The van der Waals surface area contributed by atoms with E-state index in [-0.39, 0.29) is 5.41 Å². The van der Waals surface area contributed by atoms with E-state index in [2.05, 4.69) is 138 Å². The molecule has 11 rings (SSSR count). The molecule has 0 saturated carbocycles. The van der Waals surface area contributed by atoms with Crippen molar-refractivity contribution in [2.24, 2.45) is 0 Å². The molecule has 0 fully saturated rings. The molecular formula is C42H33GeNO2P. The third-order valence-electron chi connectivity index (χ3n) is 10.4. The van der Waals surface area contributed by atoms with Crippen molar-refractivity contribution in [2.75, 3.05) is 11.6 Å². The monoisotopic (exact) mass is 688 g/mol. The Morgan fingerprint density at radius 3 is 1.96 bits per heavy atom. The van der Waals surface area contributed by atoms with Crippen molar-refractivity contribution in [3.05, 3.63) is 120 Å². The van der Waals surface area contributed by atoms with Crippen LogP contribution >= 0.6 is 9.24 Å². The number of benzene rings is 7. The number of nitrogens with zero attached hydrogens (tertiary/aromatic N) is 1. The molecule has 47 heavy (non-hydrogen) atoms. The molecule has 1 unspecified atom stereocenters. The summed E-state index contributed by atoms with van der Waals surface area (Å²) < 4.78 is 18.5. The predicted molar refractivity (Wildman–Crippen MR) is 202 cm³/mol. The zero-order valence-corrected chi connectivity index (χ0v) is 30.1. The van der Waals surface area contributed by atoms with Crippen LogP contribution in [0.5, 0.6) is 23.0 Å². The van der Waals surface area contributed by atoms with Gasteiger partial charge in [-0.3, -0.25) is 0 Å². The van der Waals surface area contributed by atoms with Gasteiger partial charge in [-0.2, -0.15) is 0 Å². The molecule has 0 aromatic heterocycles. The summed E-state index contributed by atoms with van der Waals surface area (Å²) in [5.41, 5.74) is 8.16. The quantitative estimate of drug-likeness (QED) is 0.117. The second kappa shape index (κ2) is 9.63. The Morgan fingerprint density at radius 2 is 1.23 bits per heavy atom. The first-order valence-corrected chi connectivity index (χ1v) is 20.7. The zero-order valence-electron chi connectivity index (χ0n) is 26.9. The normalized spacial score (nSPS) is 14.6. The van der Waals surface area contributed by atoms with Crippen LogP contribution in [0.1, 0.15) is 37.5 Å². The van der Waals surface area contributed by atoms with Gasteiger partial charge in [-0.25, -0.2) is 0 Å². The second-order valence-electron chi connectivity index (χ2n) is 13.9. The summed E-state index contributed by atoms with van der Waals surface area (Å²) in [4.78, 5) is 2.58. The Balaban J connectivity index is 0.00000140. The van der Waals surface area contributed by atoms with Gasteiger partial charge < -0.3 is 0 Å². The Labute approximate surface area is 281 Å². The summed E-state index contributed by atoms with van der Waals surface area (Å²) >= 11 is -2.44. The number of rotatable bonds is 0. The fraction of sp³-hybridized carbons (Fsp3) is 0.143. The molecule has 0 saturated heterocycles. The van der Waals surface area contributed by atoms with Crippen LogP contribution in [-0.4, -0.2) is 21.0 Å². The molecule has 0 amide bonds. The summed E-state index contributed by atoms with van der Waals surface area (Å²) in [5.74, 6) is 4.07. The van der Waals surface area contributed by atoms with Gasteiger partial charge in [0, 0.05) is 0 Å². The van der Waals surface area contributed by atoms with Gasteiger partial charge in [0.25, 0.3) is 0 Å². The van der Waals surface area contributed by atoms with Crippen molar-refractivity contribution in [3.63, 3.8) is 0 Å². The van der Waals surface area contributed by atoms with Crippen molar-refractivity contribution in [3.8, 4) is 23.0 Å². The number of fused-ring (bicyclic) bond motifs is 10. The SMILES string of the molecule is CC(C)(C)c1ccc2c(c1)Cc1c3[c]4c(c5ccccc15)Oc1[c]5c(cc6ccccc16)Oc1[c](c(cc6ccccc16)N23)[Ge]54.CP. The molecule has 4 aliphatic rings. The molecule has 3 nitrogen and oxygen atoms in total. The van der Waals surface area contributed by atoms with E-state index in [0.717, 1.165) is 34.8 Å². The van der Waals surface area contributed by atoms with Crippen LogP contribution < -0.4 is 27.6 Å². The van der Waals surface area contributed by atoms with E-state index in [1.807, 2.05) is 6.66 Å². The minimum Gasteiger partial charge on any atom is -0.141 e. The number of anilines is 3. The minimum atomic E-state index is -2.44. The van der Waals surface area contributed by atoms with Gasteiger partial charge in [-0.15, -0.1) is 9.24 Å². The maximum atomic E-state index is 7.22. The third-order valence-corrected chi connectivity index (χ3v) is 16.5. The van der Waals surface area contributed by atoms with Gasteiger partial charge in [-0.1, -0.05) is 6.66 Å². The topological polar surface area (TPSA) is 21.7 Å². The summed E-state index contributed by atoms with van der Waals surface area (Å²) in [6.07, 6.45) is 0.911. The molecule has 1 atom stereocenters. The molecule has 1 radical (unpaired) electrons. The molecule has 227 valence electrons. The standard InChI is InChI=1S/C41H28GeNO2.CH5P/c1-41(2,3)25-16-17-31-24(18-25)19-30-28-14-8-9-15-29(28)40-36-37(30)43(31)32-20-22-10-4-6-12-26(22)38-34(32)42(36)35-33(44-38)21-23-11-5-7-13-27(23)39(35)45-40;1-2/h4-18,20-21H,19H2,1-3H3;2H2,1H3. The minimum absolute atomic E-state index is 0.0706. The molecular weight excluding hydrogens is 654 g/mol. The fourth-order valence-electron chi connectivity index (χ4n) is 8.33. The van der Waals surface area contributed by atoms with E-state index in [1.165, 1.54) is 73.9 Å². The average Bonchev–Trinajstić information content (AvgIpc) is 3.10. The molecule has 4 heterocycles. The smallest absolute Gasteiger partial charge is 0.0500 e. The molecule has 0 bridgehead atoms. The Morgan fingerprint density at radius 1 is 0.617 bits per heavy atom. The van der Waals surface area contributed by atoms with E-state index < -0.39 is 14.3 Å². The van der Waals surface area contributed by atoms with Crippen molar-refractivity contribution in [1.82, 2.24) is 0 Å². The van der Waals surface area contributed by atoms with E-state index >= 15 is 0 Å². The van der Waals surface area contributed by atoms with Crippen LogP contribution in [0.15, 0.2) is 103 Å². The van der Waals surface area contributed by atoms with Crippen LogP contribution in [0.3, 0.4) is 0 Å².